The highest BCUT2D eigenvalue weighted by Crippen LogP contribution is 2.31. The van der Waals surface area contributed by atoms with Gasteiger partial charge in [-0.2, -0.15) is 0 Å². The zero-order valence-corrected chi connectivity index (χ0v) is 12.4. The van der Waals surface area contributed by atoms with Crippen molar-refractivity contribution in [2.45, 2.75) is 26.4 Å². The SMILES string of the molecule is CC(C)c1ccc2c(c1)OCc1ccc(C(=O)O)cc1C2=O. The van der Waals surface area contributed by atoms with E-state index in [2.05, 4.69) is 13.8 Å². The molecule has 0 amide bonds. The Hall–Kier alpha value is -2.62. The highest BCUT2D eigenvalue weighted by Gasteiger charge is 2.24. The number of aromatic carboxylic acids is 1. The lowest BCUT2D eigenvalue weighted by Gasteiger charge is -2.10. The Labute approximate surface area is 128 Å². The van der Waals surface area contributed by atoms with Crippen molar-refractivity contribution in [3.05, 3.63) is 64.2 Å². The molecule has 0 aliphatic carbocycles. The van der Waals surface area contributed by atoms with Gasteiger partial charge in [0.2, 0.25) is 0 Å². The van der Waals surface area contributed by atoms with Crippen LogP contribution >= 0.6 is 0 Å². The van der Waals surface area contributed by atoms with E-state index in [1.54, 1.807) is 12.1 Å². The number of carboxylic acids is 1. The number of rotatable bonds is 2. The van der Waals surface area contributed by atoms with Gasteiger partial charge in [-0.3, -0.25) is 4.79 Å². The van der Waals surface area contributed by atoms with E-state index in [1.807, 2.05) is 12.1 Å². The number of carboxylic acid groups (broad SMARTS) is 1. The highest BCUT2D eigenvalue weighted by molar-refractivity contribution is 6.12. The molecular weight excluding hydrogens is 280 g/mol. The summed E-state index contributed by atoms with van der Waals surface area (Å²) in [6.07, 6.45) is 0. The van der Waals surface area contributed by atoms with Crippen molar-refractivity contribution >= 4 is 11.8 Å². The molecule has 0 radical (unpaired) electrons. The third kappa shape index (κ3) is 2.37. The van der Waals surface area contributed by atoms with Crippen LogP contribution in [0.3, 0.4) is 0 Å². The van der Waals surface area contributed by atoms with Gasteiger partial charge in [0.1, 0.15) is 12.4 Å². The minimum Gasteiger partial charge on any atom is -0.488 e. The molecule has 0 aromatic heterocycles. The fraction of sp³-hybridized carbons (Fsp3) is 0.222. The van der Waals surface area contributed by atoms with Crippen LogP contribution in [0.25, 0.3) is 0 Å². The number of carbonyl (C=O) groups is 2. The van der Waals surface area contributed by atoms with E-state index in [0.717, 1.165) is 5.56 Å². The second-order valence-corrected chi connectivity index (χ2v) is 5.71. The van der Waals surface area contributed by atoms with Gasteiger partial charge in [0, 0.05) is 11.1 Å². The summed E-state index contributed by atoms with van der Waals surface area (Å²) in [6.45, 7) is 4.41. The quantitative estimate of drug-likeness (QED) is 0.919. The minimum atomic E-state index is -1.05. The second kappa shape index (κ2) is 5.30. The lowest BCUT2D eigenvalue weighted by atomic mass is 9.95. The van der Waals surface area contributed by atoms with Crippen molar-refractivity contribution in [1.82, 2.24) is 0 Å². The number of carbonyl (C=O) groups excluding carboxylic acids is 1. The Balaban J connectivity index is 2.11. The molecule has 4 heteroatoms. The number of hydrogen-bond donors (Lipinski definition) is 1. The molecule has 0 spiro atoms. The van der Waals surface area contributed by atoms with Crippen LogP contribution in [0.2, 0.25) is 0 Å². The maximum atomic E-state index is 12.7. The molecule has 1 aliphatic rings. The summed E-state index contributed by atoms with van der Waals surface area (Å²) < 4.78 is 5.77. The standard InChI is InChI=1S/C18H16O4/c1-10(2)11-5-6-14-16(8-11)22-9-13-4-3-12(18(20)21)7-15(13)17(14)19/h3-8,10H,9H2,1-2H3,(H,20,21). The molecule has 2 aromatic rings. The summed E-state index contributed by atoms with van der Waals surface area (Å²) >= 11 is 0. The first kappa shape index (κ1) is 14.3. The highest BCUT2D eigenvalue weighted by atomic mass is 16.5. The average molecular weight is 296 g/mol. The predicted molar refractivity (Wildman–Crippen MR) is 81.7 cm³/mol. The average Bonchev–Trinajstić information content (AvgIpc) is 2.64. The van der Waals surface area contributed by atoms with E-state index in [9.17, 15) is 9.59 Å². The number of ketones is 1. The van der Waals surface area contributed by atoms with E-state index >= 15 is 0 Å². The maximum absolute atomic E-state index is 12.7. The zero-order chi connectivity index (χ0) is 15.9. The van der Waals surface area contributed by atoms with Crippen molar-refractivity contribution in [3.63, 3.8) is 0 Å². The van der Waals surface area contributed by atoms with Crippen LogP contribution in [0.5, 0.6) is 5.75 Å². The predicted octanol–water partition coefficient (Wildman–Crippen LogP) is 3.63. The van der Waals surface area contributed by atoms with Crippen molar-refractivity contribution in [2.24, 2.45) is 0 Å². The summed E-state index contributed by atoms with van der Waals surface area (Å²) in [5.41, 5.74) is 2.79. The van der Waals surface area contributed by atoms with Crippen LogP contribution in [0.4, 0.5) is 0 Å². The zero-order valence-electron chi connectivity index (χ0n) is 12.4. The van der Waals surface area contributed by atoms with Gasteiger partial charge in [0.05, 0.1) is 11.1 Å². The molecule has 0 unspecified atom stereocenters. The first-order valence-electron chi connectivity index (χ1n) is 7.15. The van der Waals surface area contributed by atoms with Crippen molar-refractivity contribution in [3.8, 4) is 5.75 Å². The van der Waals surface area contributed by atoms with Crippen molar-refractivity contribution < 1.29 is 19.4 Å². The van der Waals surface area contributed by atoms with E-state index < -0.39 is 5.97 Å². The van der Waals surface area contributed by atoms with E-state index in [0.29, 0.717) is 28.4 Å². The molecule has 112 valence electrons. The lowest BCUT2D eigenvalue weighted by Crippen LogP contribution is -2.06. The van der Waals surface area contributed by atoms with Crippen LogP contribution in [0, 0.1) is 0 Å². The van der Waals surface area contributed by atoms with Gasteiger partial charge in [-0.25, -0.2) is 4.79 Å². The largest absolute Gasteiger partial charge is 0.488 e. The minimum absolute atomic E-state index is 0.106. The molecule has 1 aliphatic heterocycles. The second-order valence-electron chi connectivity index (χ2n) is 5.71. The first-order valence-corrected chi connectivity index (χ1v) is 7.15. The molecule has 0 saturated heterocycles. The third-order valence-electron chi connectivity index (χ3n) is 3.90. The molecule has 1 N–H and O–H groups in total. The van der Waals surface area contributed by atoms with E-state index in [4.69, 9.17) is 9.84 Å². The summed E-state index contributed by atoms with van der Waals surface area (Å²) in [7, 11) is 0. The molecule has 0 fully saturated rings. The van der Waals surface area contributed by atoms with E-state index in [1.165, 1.54) is 12.1 Å². The van der Waals surface area contributed by atoms with Gasteiger partial charge in [-0.15, -0.1) is 0 Å². The van der Waals surface area contributed by atoms with E-state index in [-0.39, 0.29) is 18.0 Å². The lowest BCUT2D eigenvalue weighted by molar-refractivity contribution is 0.0697. The topological polar surface area (TPSA) is 63.6 Å². The molecular formula is C18H16O4. The number of fused-ring (bicyclic) bond motifs is 2. The molecule has 3 rings (SSSR count). The number of ether oxygens (including phenoxy) is 1. The van der Waals surface area contributed by atoms with Gasteiger partial charge in [-0.1, -0.05) is 26.0 Å². The Morgan fingerprint density at radius 1 is 1.14 bits per heavy atom. The maximum Gasteiger partial charge on any atom is 0.335 e. The molecule has 22 heavy (non-hydrogen) atoms. The van der Waals surface area contributed by atoms with Crippen LogP contribution in [-0.2, 0) is 6.61 Å². The monoisotopic (exact) mass is 296 g/mol. The Morgan fingerprint density at radius 2 is 1.91 bits per heavy atom. The molecule has 0 bridgehead atoms. The summed E-state index contributed by atoms with van der Waals surface area (Å²) in [4.78, 5) is 23.8. The Kier molecular flexibility index (Phi) is 3.45. The third-order valence-corrected chi connectivity index (χ3v) is 3.90. The van der Waals surface area contributed by atoms with Gasteiger partial charge in [-0.05, 0) is 35.7 Å². The normalized spacial score (nSPS) is 13.1. The van der Waals surface area contributed by atoms with Crippen LogP contribution in [0.1, 0.15) is 57.2 Å². The van der Waals surface area contributed by atoms with Crippen LogP contribution in [-0.4, -0.2) is 16.9 Å². The first-order chi connectivity index (χ1) is 10.5. The van der Waals surface area contributed by atoms with Crippen LogP contribution in [0.15, 0.2) is 36.4 Å². The van der Waals surface area contributed by atoms with Crippen molar-refractivity contribution in [1.29, 1.82) is 0 Å². The summed E-state index contributed by atoms with van der Waals surface area (Å²) in [6, 6.07) is 10.1. The smallest absolute Gasteiger partial charge is 0.335 e. The molecule has 0 saturated carbocycles. The summed E-state index contributed by atoms with van der Waals surface area (Å²) in [5, 5.41) is 9.09. The van der Waals surface area contributed by atoms with Gasteiger partial charge in [0.15, 0.2) is 5.78 Å². The fourth-order valence-electron chi connectivity index (χ4n) is 2.55. The Bertz CT molecular complexity index is 775. The van der Waals surface area contributed by atoms with Crippen molar-refractivity contribution in [2.75, 3.05) is 0 Å². The molecule has 1 heterocycles. The molecule has 4 nitrogen and oxygen atoms in total. The number of benzene rings is 2. The molecule has 2 aromatic carbocycles. The fourth-order valence-corrected chi connectivity index (χ4v) is 2.55. The van der Waals surface area contributed by atoms with Gasteiger partial charge in [0.25, 0.3) is 0 Å². The van der Waals surface area contributed by atoms with Gasteiger partial charge >= 0.3 is 5.97 Å². The Morgan fingerprint density at radius 3 is 2.59 bits per heavy atom. The van der Waals surface area contributed by atoms with Crippen LogP contribution < -0.4 is 4.74 Å². The van der Waals surface area contributed by atoms with Gasteiger partial charge < -0.3 is 9.84 Å². The molecule has 0 atom stereocenters. The number of hydrogen-bond acceptors (Lipinski definition) is 3. The summed E-state index contributed by atoms with van der Waals surface area (Å²) in [5.74, 6) is -0.338.